The molecule has 238 valence electrons. The number of aromatic carboxylic acids is 2. The fourth-order valence-corrected chi connectivity index (χ4v) is 6.98. The highest BCUT2D eigenvalue weighted by Crippen LogP contribution is 2.29. The third-order valence-electron chi connectivity index (χ3n) is 8.11. The van der Waals surface area contributed by atoms with Crippen molar-refractivity contribution in [2.75, 3.05) is 37.0 Å². The molecule has 0 unspecified atom stereocenters. The minimum atomic E-state index is -1.34. The quantitative estimate of drug-likeness (QED) is 0.241. The Labute approximate surface area is 272 Å². The molecule has 6 aromatic rings. The first kappa shape index (κ1) is 30.2. The third kappa shape index (κ3) is 5.09. The molecular weight excluding hydrogens is 649 g/mol. The van der Waals surface area contributed by atoms with E-state index in [9.17, 15) is 29.4 Å². The van der Waals surface area contributed by atoms with Crippen LogP contribution in [0.5, 0.6) is 0 Å². The van der Waals surface area contributed by atoms with E-state index in [0.29, 0.717) is 35.0 Å². The molecule has 0 spiro atoms. The van der Waals surface area contributed by atoms with Crippen molar-refractivity contribution in [3.63, 3.8) is 0 Å². The number of carboxylic acid groups (broad SMARTS) is 2. The Morgan fingerprint density at radius 3 is 1.91 bits per heavy atom. The van der Waals surface area contributed by atoms with E-state index in [2.05, 4.69) is 9.97 Å². The van der Waals surface area contributed by atoms with Gasteiger partial charge < -0.3 is 24.7 Å². The van der Waals surface area contributed by atoms with Crippen molar-refractivity contribution in [3.05, 3.63) is 91.4 Å². The van der Waals surface area contributed by atoms with Crippen molar-refractivity contribution in [1.29, 1.82) is 0 Å². The molecule has 47 heavy (non-hydrogen) atoms. The number of hydrogen-bond donors (Lipinski definition) is 2. The minimum Gasteiger partial charge on any atom is -0.477 e. The van der Waals surface area contributed by atoms with Crippen LogP contribution in [0.4, 0.5) is 11.6 Å². The Hall–Kier alpha value is -5.52. The van der Waals surface area contributed by atoms with Gasteiger partial charge in [-0.2, -0.15) is 0 Å². The molecule has 0 aliphatic carbocycles. The molecule has 17 heteroatoms. The first-order valence-electron chi connectivity index (χ1n) is 14.1. The molecule has 1 aliphatic heterocycles. The van der Waals surface area contributed by atoms with E-state index >= 15 is 0 Å². The van der Waals surface area contributed by atoms with Crippen LogP contribution in [0.3, 0.4) is 0 Å². The highest BCUT2D eigenvalue weighted by Gasteiger charge is 2.37. The highest BCUT2D eigenvalue weighted by atomic mass is 32.1. The standard InChI is InChI=1S/C30H24N8O7S2/c1-35(21-5-3-15-23(39)17(27(41)42)11-37(25(15)33-21)29-31-7-9-46-29)19-13-36(14-20(19)45-2)22-6-4-16-24(40)18(28(43)44)12-38(26(16)34-22)30-32-8-10-47-30/h3-12,19-20H,13-14H2,1-2H3,(H,41,42)(H,43,44)/t19-,20-/m0/s1. The van der Waals surface area contributed by atoms with E-state index in [-0.39, 0.29) is 45.3 Å². The van der Waals surface area contributed by atoms with Crippen LogP contribution in [0.15, 0.2) is 69.4 Å². The van der Waals surface area contributed by atoms with Crippen molar-refractivity contribution in [3.8, 4) is 10.3 Å². The zero-order valence-electron chi connectivity index (χ0n) is 24.7. The molecule has 7 heterocycles. The number of anilines is 2. The molecule has 2 N–H and O–H groups in total. The first-order valence-corrected chi connectivity index (χ1v) is 15.8. The number of thiazole rings is 2. The van der Waals surface area contributed by atoms with Gasteiger partial charge in [-0.1, -0.05) is 0 Å². The average molecular weight is 673 g/mol. The molecule has 0 radical (unpaired) electrons. The molecule has 1 fully saturated rings. The second-order valence-electron chi connectivity index (χ2n) is 10.7. The zero-order chi connectivity index (χ0) is 33.0. The van der Waals surface area contributed by atoms with Crippen molar-refractivity contribution in [1.82, 2.24) is 29.1 Å². The summed E-state index contributed by atoms with van der Waals surface area (Å²) in [6, 6.07) is 6.24. The predicted molar refractivity (Wildman–Crippen MR) is 175 cm³/mol. The van der Waals surface area contributed by atoms with Gasteiger partial charge in [-0.15, -0.1) is 22.7 Å². The Morgan fingerprint density at radius 1 is 0.851 bits per heavy atom. The van der Waals surface area contributed by atoms with Gasteiger partial charge in [0.1, 0.15) is 22.8 Å². The lowest BCUT2D eigenvalue weighted by Crippen LogP contribution is -2.42. The van der Waals surface area contributed by atoms with Crippen LogP contribution >= 0.6 is 22.7 Å². The number of hydrogen-bond acceptors (Lipinski definition) is 13. The number of rotatable bonds is 8. The maximum atomic E-state index is 13.0. The fraction of sp³-hybridized carbons (Fsp3) is 0.200. The largest absolute Gasteiger partial charge is 0.477 e. The van der Waals surface area contributed by atoms with E-state index in [0.717, 1.165) is 0 Å². The maximum absolute atomic E-state index is 13.0. The third-order valence-corrected chi connectivity index (χ3v) is 9.65. The van der Waals surface area contributed by atoms with Crippen LogP contribution in [-0.2, 0) is 4.74 Å². The monoisotopic (exact) mass is 672 g/mol. The smallest absolute Gasteiger partial charge is 0.341 e. The van der Waals surface area contributed by atoms with Crippen LogP contribution in [-0.4, -0.2) is 90.6 Å². The molecule has 1 saturated heterocycles. The van der Waals surface area contributed by atoms with Crippen LogP contribution in [0.2, 0.25) is 0 Å². The van der Waals surface area contributed by atoms with Gasteiger partial charge in [-0.05, 0) is 24.3 Å². The number of pyridine rings is 4. The summed E-state index contributed by atoms with van der Waals surface area (Å²) in [6.07, 6.45) is 5.35. The topological polar surface area (TPSA) is 186 Å². The van der Waals surface area contributed by atoms with Crippen LogP contribution in [0, 0.1) is 0 Å². The van der Waals surface area contributed by atoms with E-state index in [1.165, 1.54) is 44.2 Å². The SMILES string of the molecule is CO[C@H]1CN(c2ccc3c(=O)c(C(=O)O)cn(-c4nccs4)c3n2)C[C@@H]1N(C)c1ccc2c(=O)c(C(=O)O)cn(-c3nccs3)c2n1. The number of carbonyl (C=O) groups is 2. The molecule has 6 aromatic heterocycles. The normalized spacial score (nSPS) is 16.3. The second-order valence-corrected chi connectivity index (χ2v) is 12.4. The van der Waals surface area contributed by atoms with Gasteiger partial charge in [0.15, 0.2) is 21.6 Å². The Balaban J connectivity index is 1.27. The van der Waals surface area contributed by atoms with Crippen molar-refractivity contribution < 1.29 is 24.5 Å². The average Bonchev–Trinajstić information content (AvgIpc) is 3.87. The Kier molecular flexibility index (Phi) is 7.50. The predicted octanol–water partition coefficient (Wildman–Crippen LogP) is 2.73. The Bertz CT molecular complexity index is 2300. The fourth-order valence-electron chi connectivity index (χ4n) is 5.74. The van der Waals surface area contributed by atoms with Crippen molar-refractivity contribution in [2.45, 2.75) is 12.1 Å². The number of fused-ring (bicyclic) bond motifs is 2. The van der Waals surface area contributed by atoms with Gasteiger partial charge in [0.2, 0.25) is 10.9 Å². The Morgan fingerprint density at radius 2 is 1.40 bits per heavy atom. The summed E-state index contributed by atoms with van der Waals surface area (Å²) < 4.78 is 8.90. The number of likely N-dealkylation sites (N-methyl/N-ethyl adjacent to an activating group) is 1. The van der Waals surface area contributed by atoms with Crippen LogP contribution in [0.1, 0.15) is 20.7 Å². The van der Waals surface area contributed by atoms with Crippen LogP contribution in [0.25, 0.3) is 32.3 Å². The summed E-state index contributed by atoms with van der Waals surface area (Å²) in [7, 11) is 3.46. The molecule has 1 aliphatic rings. The second kappa shape index (κ2) is 11.7. The number of carboxylic acids is 2. The number of nitrogens with zero attached hydrogens (tertiary/aromatic N) is 8. The molecule has 0 amide bonds. The lowest BCUT2D eigenvalue weighted by Gasteiger charge is -2.29. The minimum absolute atomic E-state index is 0.145. The number of ether oxygens (including phenoxy) is 1. The lowest BCUT2D eigenvalue weighted by atomic mass is 10.1. The van der Waals surface area contributed by atoms with Gasteiger partial charge in [0, 0.05) is 62.8 Å². The summed E-state index contributed by atoms with van der Waals surface area (Å²) in [5.41, 5.74) is -1.51. The molecule has 7 rings (SSSR count). The molecule has 15 nitrogen and oxygen atoms in total. The summed E-state index contributed by atoms with van der Waals surface area (Å²) in [4.78, 5) is 71.9. The van der Waals surface area contributed by atoms with Gasteiger partial charge in [0.05, 0.1) is 22.9 Å². The van der Waals surface area contributed by atoms with Gasteiger partial charge in [-0.3, -0.25) is 18.7 Å². The summed E-state index contributed by atoms with van der Waals surface area (Å²) >= 11 is 2.56. The van der Waals surface area contributed by atoms with E-state index in [1.807, 2.05) is 16.8 Å². The van der Waals surface area contributed by atoms with Gasteiger partial charge in [0.25, 0.3) is 0 Å². The lowest BCUT2D eigenvalue weighted by molar-refractivity contribution is 0.0684. The van der Waals surface area contributed by atoms with E-state index in [1.54, 1.807) is 54.5 Å². The van der Waals surface area contributed by atoms with Gasteiger partial charge in [-0.25, -0.2) is 29.5 Å². The van der Waals surface area contributed by atoms with E-state index < -0.39 is 22.8 Å². The molecule has 2 atom stereocenters. The maximum Gasteiger partial charge on any atom is 0.341 e. The number of methoxy groups -OCH3 is 1. The summed E-state index contributed by atoms with van der Waals surface area (Å²) in [5.74, 6) is -1.61. The first-order chi connectivity index (χ1) is 22.7. The number of aromatic nitrogens is 6. The van der Waals surface area contributed by atoms with E-state index in [4.69, 9.17) is 14.7 Å². The summed E-state index contributed by atoms with van der Waals surface area (Å²) in [5, 5.41) is 24.0. The molecule has 0 bridgehead atoms. The van der Waals surface area contributed by atoms with Gasteiger partial charge >= 0.3 is 11.9 Å². The van der Waals surface area contributed by atoms with Crippen molar-refractivity contribution >= 4 is 68.3 Å². The molecular formula is C30H24N8O7S2. The highest BCUT2D eigenvalue weighted by molar-refractivity contribution is 7.12. The van der Waals surface area contributed by atoms with Crippen LogP contribution < -0.4 is 20.7 Å². The molecule has 0 saturated carbocycles. The zero-order valence-corrected chi connectivity index (χ0v) is 26.3. The van der Waals surface area contributed by atoms with Crippen molar-refractivity contribution in [2.24, 2.45) is 0 Å². The molecule has 0 aromatic carbocycles. The summed E-state index contributed by atoms with van der Waals surface area (Å²) in [6.45, 7) is 0.886.